The summed E-state index contributed by atoms with van der Waals surface area (Å²) in [6.07, 6.45) is 1.60. The van der Waals surface area contributed by atoms with Gasteiger partial charge in [0.25, 0.3) is 0 Å². The summed E-state index contributed by atoms with van der Waals surface area (Å²) in [6.45, 7) is 4.14. The molecule has 0 spiro atoms. The van der Waals surface area contributed by atoms with Crippen LogP contribution in [0.1, 0.15) is 35.6 Å². The number of ether oxygens (including phenoxy) is 1. The summed E-state index contributed by atoms with van der Waals surface area (Å²) in [5.74, 6) is 1.77. The van der Waals surface area contributed by atoms with E-state index in [1.54, 1.807) is 7.11 Å². The van der Waals surface area contributed by atoms with Crippen LogP contribution >= 0.6 is 0 Å². The largest absolute Gasteiger partial charge is 0.496 e. The van der Waals surface area contributed by atoms with Crippen LogP contribution in [-0.4, -0.2) is 34.1 Å². The second kappa shape index (κ2) is 6.36. The summed E-state index contributed by atoms with van der Waals surface area (Å²) in [7, 11) is 0.785. The Morgan fingerprint density at radius 3 is 2.62 bits per heavy atom. The number of benzene rings is 1. The zero-order valence-corrected chi connectivity index (χ0v) is 14.1. The van der Waals surface area contributed by atoms with E-state index < -0.39 is 9.84 Å². The zero-order chi connectivity index (χ0) is 15.6. The van der Waals surface area contributed by atoms with Gasteiger partial charge in [-0.05, 0) is 56.8 Å². The molecule has 1 aromatic rings. The predicted molar refractivity (Wildman–Crippen MR) is 85.6 cm³/mol. The van der Waals surface area contributed by atoms with Crippen LogP contribution in [0, 0.1) is 19.8 Å². The highest BCUT2D eigenvalue weighted by Gasteiger charge is 2.31. The number of sulfone groups is 1. The first-order chi connectivity index (χ1) is 9.86. The molecule has 0 radical (unpaired) electrons. The van der Waals surface area contributed by atoms with E-state index in [9.17, 15) is 8.42 Å². The summed E-state index contributed by atoms with van der Waals surface area (Å²) in [5.41, 5.74) is 3.51. The minimum absolute atomic E-state index is 0.124. The van der Waals surface area contributed by atoms with E-state index >= 15 is 0 Å². The quantitative estimate of drug-likeness (QED) is 0.907. The Morgan fingerprint density at radius 1 is 1.38 bits per heavy atom. The topological polar surface area (TPSA) is 55.4 Å². The number of methoxy groups -OCH3 is 1. The van der Waals surface area contributed by atoms with Gasteiger partial charge in [0.1, 0.15) is 5.75 Å². The summed E-state index contributed by atoms with van der Waals surface area (Å²) in [6, 6.07) is 4.31. The van der Waals surface area contributed by atoms with E-state index in [-0.39, 0.29) is 12.0 Å². The van der Waals surface area contributed by atoms with Crippen LogP contribution in [0.25, 0.3) is 0 Å². The van der Waals surface area contributed by atoms with Gasteiger partial charge in [0, 0.05) is 11.6 Å². The molecule has 0 bridgehead atoms. The highest BCUT2D eigenvalue weighted by Crippen LogP contribution is 2.35. The smallest absolute Gasteiger partial charge is 0.150 e. The third kappa shape index (κ3) is 3.77. The molecule has 118 valence electrons. The van der Waals surface area contributed by atoms with Crippen LogP contribution in [0.2, 0.25) is 0 Å². The highest BCUT2D eigenvalue weighted by molar-refractivity contribution is 7.91. The molecule has 4 nitrogen and oxygen atoms in total. The minimum atomic E-state index is -2.82. The van der Waals surface area contributed by atoms with Gasteiger partial charge in [0.05, 0.1) is 18.6 Å². The van der Waals surface area contributed by atoms with Gasteiger partial charge in [-0.1, -0.05) is 6.07 Å². The fourth-order valence-electron chi connectivity index (χ4n) is 3.33. The Morgan fingerprint density at radius 2 is 2.10 bits per heavy atom. The normalized spacial score (nSPS) is 22.2. The standard InChI is InChI=1S/C16H25NO3S/c1-11-7-12(2)16(15(8-11)20-4)14(17-3)9-13-5-6-21(18,19)10-13/h7-8,13-14,17H,5-6,9-10H2,1-4H3. The molecule has 1 aliphatic rings. The van der Waals surface area contributed by atoms with Crippen LogP contribution in [0.15, 0.2) is 12.1 Å². The van der Waals surface area contributed by atoms with Gasteiger partial charge < -0.3 is 10.1 Å². The number of aryl methyl sites for hydroxylation is 2. The molecular weight excluding hydrogens is 286 g/mol. The molecule has 1 N–H and O–H groups in total. The second-order valence-electron chi connectivity index (χ2n) is 6.04. The predicted octanol–water partition coefficient (Wildman–Crippen LogP) is 2.40. The third-order valence-electron chi connectivity index (χ3n) is 4.31. The molecule has 1 saturated heterocycles. The molecule has 2 unspecified atom stereocenters. The van der Waals surface area contributed by atoms with Gasteiger partial charge in [-0.25, -0.2) is 8.42 Å². The van der Waals surface area contributed by atoms with Crippen molar-refractivity contribution in [3.63, 3.8) is 0 Å². The molecular formula is C16H25NO3S. The van der Waals surface area contributed by atoms with Crippen LogP contribution in [0.5, 0.6) is 5.75 Å². The van der Waals surface area contributed by atoms with Crippen molar-refractivity contribution in [2.45, 2.75) is 32.7 Å². The Bertz CT molecular complexity index is 610. The van der Waals surface area contributed by atoms with E-state index in [1.807, 2.05) is 13.1 Å². The lowest BCUT2D eigenvalue weighted by molar-refractivity contribution is 0.383. The SMILES string of the molecule is CNC(CC1CCS(=O)(=O)C1)c1c(C)cc(C)cc1OC. The lowest BCUT2D eigenvalue weighted by Gasteiger charge is -2.24. The van der Waals surface area contributed by atoms with Gasteiger partial charge in [-0.2, -0.15) is 0 Å². The second-order valence-corrected chi connectivity index (χ2v) is 8.27. The van der Waals surface area contributed by atoms with E-state index in [0.717, 1.165) is 24.2 Å². The molecule has 0 saturated carbocycles. The van der Waals surface area contributed by atoms with E-state index in [1.165, 1.54) is 11.1 Å². The molecule has 21 heavy (non-hydrogen) atoms. The van der Waals surface area contributed by atoms with Gasteiger partial charge in [0.15, 0.2) is 9.84 Å². The van der Waals surface area contributed by atoms with E-state index in [4.69, 9.17) is 4.74 Å². The van der Waals surface area contributed by atoms with Crippen molar-refractivity contribution in [2.24, 2.45) is 5.92 Å². The first-order valence-electron chi connectivity index (χ1n) is 7.39. The molecule has 1 heterocycles. The average molecular weight is 311 g/mol. The van der Waals surface area contributed by atoms with Gasteiger partial charge in [0.2, 0.25) is 0 Å². The maximum Gasteiger partial charge on any atom is 0.150 e. The fourth-order valence-corrected chi connectivity index (χ4v) is 5.21. The number of rotatable bonds is 5. The highest BCUT2D eigenvalue weighted by atomic mass is 32.2. The monoisotopic (exact) mass is 311 g/mol. The Balaban J connectivity index is 2.26. The minimum Gasteiger partial charge on any atom is -0.496 e. The third-order valence-corrected chi connectivity index (χ3v) is 6.14. The zero-order valence-electron chi connectivity index (χ0n) is 13.3. The molecule has 0 amide bonds. The molecule has 1 aliphatic heterocycles. The Kier molecular flexibility index (Phi) is 4.94. The maximum absolute atomic E-state index is 11.6. The van der Waals surface area contributed by atoms with E-state index in [0.29, 0.717) is 11.5 Å². The lowest BCUT2D eigenvalue weighted by atomic mass is 9.90. The van der Waals surface area contributed by atoms with E-state index in [2.05, 4.69) is 25.2 Å². The summed E-state index contributed by atoms with van der Waals surface area (Å²) >= 11 is 0. The molecule has 5 heteroatoms. The van der Waals surface area contributed by atoms with Crippen molar-refractivity contribution in [3.8, 4) is 5.75 Å². The fraction of sp³-hybridized carbons (Fsp3) is 0.625. The lowest BCUT2D eigenvalue weighted by Crippen LogP contribution is -2.22. The number of hydrogen-bond donors (Lipinski definition) is 1. The van der Waals surface area contributed by atoms with Gasteiger partial charge in [-0.3, -0.25) is 0 Å². The van der Waals surface area contributed by atoms with Gasteiger partial charge in [-0.15, -0.1) is 0 Å². The molecule has 1 aromatic carbocycles. The van der Waals surface area contributed by atoms with Crippen LogP contribution in [0.3, 0.4) is 0 Å². The van der Waals surface area contributed by atoms with Crippen LogP contribution < -0.4 is 10.1 Å². The molecule has 2 atom stereocenters. The Labute approximate surface area is 127 Å². The van der Waals surface area contributed by atoms with Crippen molar-refractivity contribution < 1.29 is 13.2 Å². The number of hydrogen-bond acceptors (Lipinski definition) is 4. The van der Waals surface area contributed by atoms with Crippen LogP contribution in [-0.2, 0) is 9.84 Å². The summed E-state index contributed by atoms with van der Waals surface area (Å²) in [4.78, 5) is 0. The summed E-state index contributed by atoms with van der Waals surface area (Å²) < 4.78 is 28.8. The molecule has 0 aromatic heterocycles. The van der Waals surface area contributed by atoms with Crippen molar-refractivity contribution in [2.75, 3.05) is 25.7 Å². The molecule has 0 aliphatic carbocycles. The first-order valence-corrected chi connectivity index (χ1v) is 9.21. The van der Waals surface area contributed by atoms with Gasteiger partial charge >= 0.3 is 0 Å². The molecule has 2 rings (SSSR count). The summed E-state index contributed by atoms with van der Waals surface area (Å²) in [5, 5.41) is 3.33. The van der Waals surface area contributed by atoms with Crippen molar-refractivity contribution in [1.82, 2.24) is 5.32 Å². The van der Waals surface area contributed by atoms with Crippen molar-refractivity contribution in [1.29, 1.82) is 0 Å². The first kappa shape index (κ1) is 16.3. The Hall–Kier alpha value is -1.07. The maximum atomic E-state index is 11.6. The van der Waals surface area contributed by atoms with Crippen molar-refractivity contribution >= 4 is 9.84 Å². The van der Waals surface area contributed by atoms with Crippen LogP contribution in [0.4, 0.5) is 0 Å². The molecule has 1 fully saturated rings. The average Bonchev–Trinajstić information content (AvgIpc) is 2.75. The number of nitrogens with one attached hydrogen (secondary N) is 1. The van der Waals surface area contributed by atoms with Crippen molar-refractivity contribution in [3.05, 3.63) is 28.8 Å².